The Morgan fingerprint density at radius 3 is 2.57 bits per heavy atom. The molecular formula is C19H23NO3. The molecule has 23 heavy (non-hydrogen) atoms. The molecule has 0 saturated carbocycles. The Morgan fingerprint density at radius 2 is 1.87 bits per heavy atom. The lowest BCUT2D eigenvalue weighted by atomic mass is 10.1. The van der Waals surface area contributed by atoms with Gasteiger partial charge in [-0.05, 0) is 42.7 Å². The molecule has 0 saturated heterocycles. The Labute approximate surface area is 137 Å². The number of methoxy groups -OCH3 is 1. The van der Waals surface area contributed by atoms with Crippen LogP contribution < -0.4 is 10.1 Å². The molecule has 0 aromatic heterocycles. The van der Waals surface area contributed by atoms with Crippen LogP contribution in [0.25, 0.3) is 0 Å². The molecule has 2 rings (SSSR count). The van der Waals surface area contributed by atoms with E-state index in [9.17, 15) is 4.79 Å². The lowest BCUT2D eigenvalue weighted by Crippen LogP contribution is -2.36. The van der Waals surface area contributed by atoms with Gasteiger partial charge in [0, 0.05) is 13.7 Å². The summed E-state index contributed by atoms with van der Waals surface area (Å²) in [6.07, 6.45) is -0.550. The Hall–Kier alpha value is -2.33. The van der Waals surface area contributed by atoms with Crippen LogP contribution >= 0.6 is 0 Å². The van der Waals surface area contributed by atoms with Crippen LogP contribution in [0.2, 0.25) is 0 Å². The monoisotopic (exact) mass is 313 g/mol. The number of hydrogen-bond acceptors (Lipinski definition) is 3. The summed E-state index contributed by atoms with van der Waals surface area (Å²) < 4.78 is 10.9. The van der Waals surface area contributed by atoms with Gasteiger partial charge in [0.1, 0.15) is 5.75 Å². The van der Waals surface area contributed by atoms with Gasteiger partial charge in [0.2, 0.25) is 0 Å². The average molecular weight is 313 g/mol. The standard InChI is InChI=1S/C19H23NO3/c1-14-7-6-10-18(11-14)23-15(2)19(21)20-12-16-8-4-5-9-17(16)13-22-3/h4-11,15H,12-13H2,1-3H3,(H,20,21). The fraction of sp³-hybridized carbons (Fsp3) is 0.316. The third-order valence-corrected chi connectivity index (χ3v) is 3.54. The zero-order chi connectivity index (χ0) is 16.7. The van der Waals surface area contributed by atoms with Crippen LogP contribution in [-0.2, 0) is 22.7 Å². The predicted molar refractivity (Wildman–Crippen MR) is 90.3 cm³/mol. The Kier molecular flexibility index (Phi) is 6.18. The van der Waals surface area contributed by atoms with Crippen molar-refractivity contribution in [3.8, 4) is 5.75 Å². The molecule has 2 aromatic rings. The number of rotatable bonds is 7. The number of benzene rings is 2. The van der Waals surface area contributed by atoms with Gasteiger partial charge in [-0.2, -0.15) is 0 Å². The van der Waals surface area contributed by atoms with Crippen LogP contribution in [0.5, 0.6) is 5.75 Å². The summed E-state index contributed by atoms with van der Waals surface area (Å²) >= 11 is 0. The van der Waals surface area contributed by atoms with E-state index in [2.05, 4.69) is 5.32 Å². The molecule has 4 nitrogen and oxygen atoms in total. The van der Waals surface area contributed by atoms with Crippen LogP contribution in [0.15, 0.2) is 48.5 Å². The highest BCUT2D eigenvalue weighted by Crippen LogP contribution is 2.14. The molecule has 1 atom stereocenters. The van der Waals surface area contributed by atoms with Gasteiger partial charge in [-0.25, -0.2) is 0 Å². The van der Waals surface area contributed by atoms with Crippen molar-refractivity contribution in [2.24, 2.45) is 0 Å². The van der Waals surface area contributed by atoms with Crippen molar-refractivity contribution in [1.82, 2.24) is 5.32 Å². The lowest BCUT2D eigenvalue weighted by molar-refractivity contribution is -0.127. The van der Waals surface area contributed by atoms with Gasteiger partial charge in [0.25, 0.3) is 5.91 Å². The molecule has 1 N–H and O–H groups in total. The number of carbonyl (C=O) groups excluding carboxylic acids is 1. The largest absolute Gasteiger partial charge is 0.481 e. The Morgan fingerprint density at radius 1 is 1.13 bits per heavy atom. The first kappa shape index (κ1) is 17.0. The van der Waals surface area contributed by atoms with Crippen molar-refractivity contribution < 1.29 is 14.3 Å². The van der Waals surface area contributed by atoms with E-state index in [1.54, 1.807) is 14.0 Å². The fourth-order valence-corrected chi connectivity index (χ4v) is 2.30. The van der Waals surface area contributed by atoms with E-state index in [0.717, 1.165) is 16.7 Å². The third-order valence-electron chi connectivity index (χ3n) is 3.54. The van der Waals surface area contributed by atoms with Crippen molar-refractivity contribution in [2.75, 3.05) is 7.11 Å². The highest BCUT2D eigenvalue weighted by molar-refractivity contribution is 5.80. The maximum absolute atomic E-state index is 12.2. The summed E-state index contributed by atoms with van der Waals surface area (Å²) in [5.74, 6) is 0.561. The van der Waals surface area contributed by atoms with Crippen LogP contribution in [0.4, 0.5) is 0 Å². The molecule has 122 valence electrons. The minimum Gasteiger partial charge on any atom is -0.481 e. The van der Waals surface area contributed by atoms with E-state index >= 15 is 0 Å². The van der Waals surface area contributed by atoms with Crippen molar-refractivity contribution in [3.63, 3.8) is 0 Å². The first-order valence-electron chi connectivity index (χ1n) is 7.67. The van der Waals surface area contributed by atoms with E-state index in [4.69, 9.17) is 9.47 Å². The van der Waals surface area contributed by atoms with E-state index in [-0.39, 0.29) is 5.91 Å². The number of carbonyl (C=O) groups is 1. The minimum atomic E-state index is -0.550. The van der Waals surface area contributed by atoms with Gasteiger partial charge >= 0.3 is 0 Å². The van der Waals surface area contributed by atoms with Crippen molar-refractivity contribution in [2.45, 2.75) is 33.1 Å². The summed E-state index contributed by atoms with van der Waals surface area (Å²) in [6, 6.07) is 15.6. The third kappa shape index (κ3) is 5.11. The molecular weight excluding hydrogens is 290 g/mol. The molecule has 0 bridgehead atoms. The van der Waals surface area contributed by atoms with Crippen molar-refractivity contribution in [1.29, 1.82) is 0 Å². The highest BCUT2D eigenvalue weighted by atomic mass is 16.5. The van der Waals surface area contributed by atoms with E-state index < -0.39 is 6.10 Å². The molecule has 2 aromatic carbocycles. The lowest BCUT2D eigenvalue weighted by Gasteiger charge is -2.16. The van der Waals surface area contributed by atoms with Crippen LogP contribution in [0, 0.1) is 6.92 Å². The van der Waals surface area contributed by atoms with Crippen LogP contribution in [-0.4, -0.2) is 19.1 Å². The summed E-state index contributed by atoms with van der Waals surface area (Å²) in [4.78, 5) is 12.2. The Bertz CT molecular complexity index is 655. The van der Waals surface area contributed by atoms with E-state index in [0.29, 0.717) is 18.9 Å². The molecule has 0 spiro atoms. The topological polar surface area (TPSA) is 47.6 Å². The summed E-state index contributed by atoms with van der Waals surface area (Å²) in [6.45, 7) is 4.73. The summed E-state index contributed by atoms with van der Waals surface area (Å²) in [5, 5.41) is 2.91. The second kappa shape index (κ2) is 8.34. The normalized spacial score (nSPS) is 11.8. The van der Waals surface area contributed by atoms with Crippen LogP contribution in [0.1, 0.15) is 23.6 Å². The van der Waals surface area contributed by atoms with Gasteiger partial charge in [-0.15, -0.1) is 0 Å². The van der Waals surface area contributed by atoms with Gasteiger partial charge in [0.05, 0.1) is 6.61 Å². The van der Waals surface area contributed by atoms with Crippen molar-refractivity contribution in [3.05, 3.63) is 65.2 Å². The van der Waals surface area contributed by atoms with E-state index in [1.165, 1.54) is 0 Å². The van der Waals surface area contributed by atoms with Crippen molar-refractivity contribution >= 4 is 5.91 Å². The fourth-order valence-electron chi connectivity index (χ4n) is 2.30. The molecule has 0 heterocycles. The maximum atomic E-state index is 12.2. The first-order chi connectivity index (χ1) is 11.1. The van der Waals surface area contributed by atoms with Gasteiger partial charge in [-0.3, -0.25) is 4.79 Å². The zero-order valence-electron chi connectivity index (χ0n) is 13.8. The Balaban J connectivity index is 1.91. The molecule has 1 amide bonds. The van der Waals surface area contributed by atoms with Gasteiger partial charge in [0.15, 0.2) is 6.10 Å². The molecule has 0 aliphatic heterocycles. The second-order valence-corrected chi connectivity index (χ2v) is 5.50. The number of aryl methyl sites for hydroxylation is 1. The number of ether oxygens (including phenoxy) is 2. The molecule has 0 aliphatic rings. The molecule has 0 fully saturated rings. The number of nitrogens with one attached hydrogen (secondary N) is 1. The average Bonchev–Trinajstić information content (AvgIpc) is 2.54. The SMILES string of the molecule is COCc1ccccc1CNC(=O)C(C)Oc1cccc(C)c1. The van der Waals surface area contributed by atoms with Gasteiger partial charge in [-0.1, -0.05) is 36.4 Å². The second-order valence-electron chi connectivity index (χ2n) is 5.50. The number of hydrogen-bond donors (Lipinski definition) is 1. The zero-order valence-corrected chi connectivity index (χ0v) is 13.8. The van der Waals surface area contributed by atoms with E-state index in [1.807, 2.05) is 55.5 Å². The molecule has 0 aliphatic carbocycles. The minimum absolute atomic E-state index is 0.140. The quantitative estimate of drug-likeness (QED) is 0.854. The first-order valence-corrected chi connectivity index (χ1v) is 7.67. The maximum Gasteiger partial charge on any atom is 0.261 e. The summed E-state index contributed by atoms with van der Waals surface area (Å²) in [7, 11) is 1.66. The van der Waals surface area contributed by atoms with Crippen LogP contribution in [0.3, 0.4) is 0 Å². The smallest absolute Gasteiger partial charge is 0.261 e. The predicted octanol–water partition coefficient (Wildman–Crippen LogP) is 3.23. The highest BCUT2D eigenvalue weighted by Gasteiger charge is 2.14. The number of amides is 1. The molecule has 0 radical (unpaired) electrons. The molecule has 4 heteroatoms. The summed E-state index contributed by atoms with van der Waals surface area (Å²) in [5.41, 5.74) is 3.22. The van der Waals surface area contributed by atoms with Gasteiger partial charge < -0.3 is 14.8 Å². The molecule has 1 unspecified atom stereocenters.